The lowest BCUT2D eigenvalue weighted by molar-refractivity contribution is 0.102. The molecule has 1 aliphatic heterocycles. The van der Waals surface area contributed by atoms with Gasteiger partial charge in [0.2, 0.25) is 0 Å². The number of pyridine rings is 1. The second-order valence-corrected chi connectivity index (χ2v) is 6.74. The number of nitrogens with one attached hydrogen (secondary N) is 1. The van der Waals surface area contributed by atoms with Crippen molar-refractivity contribution in [3.8, 4) is 0 Å². The van der Waals surface area contributed by atoms with Gasteiger partial charge in [0.15, 0.2) is 0 Å². The van der Waals surface area contributed by atoms with Gasteiger partial charge in [-0.05, 0) is 48.9 Å². The van der Waals surface area contributed by atoms with Crippen LogP contribution in [-0.2, 0) is 0 Å². The summed E-state index contributed by atoms with van der Waals surface area (Å²) in [4.78, 5) is 19.3. The van der Waals surface area contributed by atoms with Crippen molar-refractivity contribution in [3.05, 3.63) is 53.3 Å². The molecule has 1 aromatic heterocycles. The average Bonchev–Trinajstić information content (AvgIpc) is 3.11. The Balaban J connectivity index is 1.84. The Hall–Kier alpha value is -2.36. The highest BCUT2D eigenvalue weighted by molar-refractivity contribution is 6.04. The fourth-order valence-corrected chi connectivity index (χ4v) is 3.24. The van der Waals surface area contributed by atoms with Crippen molar-refractivity contribution in [2.24, 2.45) is 0 Å². The third-order valence-electron chi connectivity index (χ3n) is 4.61. The molecule has 4 heteroatoms. The van der Waals surface area contributed by atoms with Crippen LogP contribution in [0.4, 0.5) is 11.4 Å². The fourth-order valence-electron chi connectivity index (χ4n) is 3.24. The van der Waals surface area contributed by atoms with E-state index in [1.54, 1.807) is 6.20 Å². The predicted molar refractivity (Wildman–Crippen MR) is 98.9 cm³/mol. The fraction of sp³-hybridized carbons (Fsp3) is 0.400. The van der Waals surface area contributed by atoms with Gasteiger partial charge in [-0.25, -0.2) is 0 Å². The zero-order chi connectivity index (χ0) is 17.1. The van der Waals surface area contributed by atoms with E-state index in [0.717, 1.165) is 35.6 Å². The first-order chi connectivity index (χ1) is 11.6. The summed E-state index contributed by atoms with van der Waals surface area (Å²) in [7, 11) is 0. The minimum absolute atomic E-state index is 0.146. The lowest BCUT2D eigenvalue weighted by Gasteiger charge is -2.19. The largest absolute Gasteiger partial charge is 0.371 e. The van der Waals surface area contributed by atoms with Crippen LogP contribution in [0.15, 0.2) is 36.5 Å². The number of rotatable bonds is 4. The molecular formula is C20H25N3O. The summed E-state index contributed by atoms with van der Waals surface area (Å²) in [5.74, 6) is 0.205. The molecule has 1 amide bonds. The summed E-state index contributed by atoms with van der Waals surface area (Å²) in [5, 5.41) is 3.07. The lowest BCUT2D eigenvalue weighted by atomic mass is 9.98. The first-order valence-corrected chi connectivity index (χ1v) is 8.68. The SMILES string of the molecule is Cc1cccc(C(C)C)c1NC(=O)c1cc(N2CCCC2)ccn1. The Morgan fingerprint density at radius 1 is 1.21 bits per heavy atom. The van der Waals surface area contributed by atoms with Crippen LogP contribution < -0.4 is 10.2 Å². The molecule has 0 unspecified atom stereocenters. The van der Waals surface area contributed by atoms with E-state index in [1.165, 1.54) is 12.8 Å². The Kier molecular flexibility index (Phi) is 4.84. The second-order valence-electron chi connectivity index (χ2n) is 6.74. The quantitative estimate of drug-likeness (QED) is 0.909. The molecule has 0 saturated carbocycles. The van der Waals surface area contributed by atoms with Crippen molar-refractivity contribution < 1.29 is 4.79 Å². The number of hydrogen-bond donors (Lipinski definition) is 1. The molecule has 0 spiro atoms. The minimum Gasteiger partial charge on any atom is -0.371 e. The van der Waals surface area contributed by atoms with Crippen LogP contribution in [0.3, 0.4) is 0 Å². The number of nitrogens with zero attached hydrogens (tertiary/aromatic N) is 2. The van der Waals surface area contributed by atoms with Crippen LogP contribution in [0.2, 0.25) is 0 Å². The van der Waals surface area contributed by atoms with Gasteiger partial charge in [-0.2, -0.15) is 0 Å². The van der Waals surface area contributed by atoms with Gasteiger partial charge in [0.1, 0.15) is 5.69 Å². The van der Waals surface area contributed by atoms with Gasteiger partial charge in [0.25, 0.3) is 5.91 Å². The molecule has 1 fully saturated rings. The first kappa shape index (κ1) is 16.5. The predicted octanol–water partition coefficient (Wildman–Crippen LogP) is 4.37. The molecule has 1 saturated heterocycles. The Labute approximate surface area is 143 Å². The highest BCUT2D eigenvalue weighted by Gasteiger charge is 2.17. The molecule has 3 rings (SSSR count). The van der Waals surface area contributed by atoms with Crippen molar-refractivity contribution in [2.45, 2.75) is 39.5 Å². The molecule has 0 atom stereocenters. The molecule has 126 valence electrons. The summed E-state index contributed by atoms with van der Waals surface area (Å²) in [6, 6.07) is 10.0. The van der Waals surface area contributed by atoms with Gasteiger partial charge >= 0.3 is 0 Å². The van der Waals surface area contributed by atoms with Crippen LogP contribution in [0.5, 0.6) is 0 Å². The highest BCUT2D eigenvalue weighted by Crippen LogP contribution is 2.28. The van der Waals surface area contributed by atoms with E-state index < -0.39 is 0 Å². The molecule has 1 aromatic carbocycles. The summed E-state index contributed by atoms with van der Waals surface area (Å²) < 4.78 is 0. The third kappa shape index (κ3) is 3.42. The number of carbonyl (C=O) groups is 1. The number of anilines is 2. The van der Waals surface area contributed by atoms with Crippen LogP contribution in [0, 0.1) is 6.92 Å². The van der Waals surface area contributed by atoms with Gasteiger partial charge in [0, 0.05) is 30.7 Å². The van der Waals surface area contributed by atoms with Crippen molar-refractivity contribution >= 4 is 17.3 Å². The van der Waals surface area contributed by atoms with Crippen molar-refractivity contribution in [3.63, 3.8) is 0 Å². The standard InChI is InChI=1S/C20H25N3O/c1-14(2)17-8-6-7-15(3)19(17)22-20(24)18-13-16(9-10-21-18)23-11-4-5-12-23/h6-10,13-14H,4-5,11-12H2,1-3H3,(H,22,24). The molecule has 24 heavy (non-hydrogen) atoms. The highest BCUT2D eigenvalue weighted by atomic mass is 16.1. The lowest BCUT2D eigenvalue weighted by Crippen LogP contribution is -2.20. The second kappa shape index (κ2) is 7.04. The van der Waals surface area contributed by atoms with Crippen molar-refractivity contribution in [2.75, 3.05) is 23.3 Å². The molecule has 2 aromatic rings. The molecule has 4 nitrogen and oxygen atoms in total. The number of amides is 1. The number of carbonyl (C=O) groups excluding carboxylic acids is 1. The maximum atomic E-state index is 12.7. The smallest absolute Gasteiger partial charge is 0.274 e. The monoisotopic (exact) mass is 323 g/mol. The number of aryl methyl sites for hydroxylation is 1. The van der Waals surface area contributed by atoms with Crippen molar-refractivity contribution in [1.29, 1.82) is 0 Å². The van der Waals surface area contributed by atoms with E-state index in [9.17, 15) is 4.79 Å². The number of hydrogen-bond acceptors (Lipinski definition) is 3. The molecule has 2 heterocycles. The van der Waals surface area contributed by atoms with E-state index in [2.05, 4.69) is 35.1 Å². The zero-order valence-corrected chi connectivity index (χ0v) is 14.7. The normalized spacial score (nSPS) is 14.2. The van der Waals surface area contributed by atoms with Gasteiger partial charge in [-0.15, -0.1) is 0 Å². The van der Waals surface area contributed by atoms with E-state index in [0.29, 0.717) is 11.6 Å². The maximum absolute atomic E-state index is 12.7. The van der Waals surface area contributed by atoms with E-state index in [4.69, 9.17) is 0 Å². The Morgan fingerprint density at radius 2 is 1.96 bits per heavy atom. The topological polar surface area (TPSA) is 45.2 Å². The maximum Gasteiger partial charge on any atom is 0.274 e. The van der Waals surface area contributed by atoms with Crippen LogP contribution in [0.25, 0.3) is 0 Å². The zero-order valence-electron chi connectivity index (χ0n) is 14.7. The summed E-state index contributed by atoms with van der Waals surface area (Å²) >= 11 is 0. The van der Waals surface area contributed by atoms with E-state index in [1.807, 2.05) is 31.2 Å². The first-order valence-electron chi connectivity index (χ1n) is 8.68. The molecule has 0 radical (unpaired) electrons. The minimum atomic E-state index is -0.146. The van der Waals surface area contributed by atoms with Gasteiger partial charge in [-0.1, -0.05) is 32.0 Å². The average molecular weight is 323 g/mol. The van der Waals surface area contributed by atoms with Crippen molar-refractivity contribution in [1.82, 2.24) is 4.98 Å². The molecular weight excluding hydrogens is 298 g/mol. The van der Waals surface area contributed by atoms with E-state index in [-0.39, 0.29) is 5.91 Å². The molecule has 0 bridgehead atoms. The Morgan fingerprint density at radius 3 is 2.67 bits per heavy atom. The molecule has 1 aliphatic rings. The summed E-state index contributed by atoms with van der Waals surface area (Å²) in [6.45, 7) is 8.41. The van der Waals surface area contributed by atoms with Gasteiger partial charge < -0.3 is 10.2 Å². The number of aromatic nitrogens is 1. The summed E-state index contributed by atoms with van der Waals surface area (Å²) in [5.41, 5.74) is 4.69. The van der Waals surface area contributed by atoms with Crippen LogP contribution in [-0.4, -0.2) is 24.0 Å². The molecule has 1 N–H and O–H groups in total. The van der Waals surface area contributed by atoms with E-state index >= 15 is 0 Å². The van der Waals surface area contributed by atoms with Crippen LogP contribution in [0.1, 0.15) is 54.2 Å². The molecule has 0 aliphatic carbocycles. The third-order valence-corrected chi connectivity index (χ3v) is 4.61. The Bertz CT molecular complexity index is 733. The van der Waals surface area contributed by atoms with Crippen LogP contribution >= 0.6 is 0 Å². The number of benzene rings is 1. The van der Waals surface area contributed by atoms with Gasteiger partial charge in [-0.3, -0.25) is 9.78 Å². The number of para-hydroxylation sites is 1. The summed E-state index contributed by atoms with van der Waals surface area (Å²) in [6.07, 6.45) is 4.15. The van der Waals surface area contributed by atoms with Gasteiger partial charge in [0.05, 0.1) is 0 Å².